The molecule has 3 nitrogen and oxygen atoms in total. The number of aliphatic imine (C=N–C) groups is 1. The molecule has 0 radical (unpaired) electrons. The fourth-order valence-corrected chi connectivity index (χ4v) is 3.57. The molecular formula is C14H22N2OSSi. The Morgan fingerprint density at radius 1 is 1.32 bits per heavy atom. The molecule has 0 aromatic heterocycles. The molecule has 0 amide bonds. The highest BCUT2D eigenvalue weighted by Gasteiger charge is 2.05. The van der Waals surface area contributed by atoms with E-state index in [2.05, 4.69) is 34.6 Å². The second-order valence-electron chi connectivity index (χ2n) is 4.96. The molecule has 0 spiro atoms. The minimum atomic E-state index is -1.41. The molecule has 0 saturated carbocycles. The molecule has 1 atom stereocenters. The van der Waals surface area contributed by atoms with Crippen molar-refractivity contribution in [2.24, 2.45) is 4.99 Å². The van der Waals surface area contributed by atoms with E-state index in [9.17, 15) is 4.80 Å². The van der Waals surface area contributed by atoms with Crippen LogP contribution in [0.15, 0.2) is 29.3 Å². The monoisotopic (exact) mass is 294 g/mol. The van der Waals surface area contributed by atoms with Gasteiger partial charge in [0, 0.05) is 18.8 Å². The lowest BCUT2D eigenvalue weighted by atomic mass is 10.1. The molecule has 2 rings (SSSR count). The number of aryl methyl sites for hydroxylation is 1. The first kappa shape index (κ1) is 14.6. The van der Waals surface area contributed by atoms with E-state index in [1.807, 2.05) is 6.55 Å². The largest absolute Gasteiger partial charge is 0.435 e. The van der Waals surface area contributed by atoms with Gasteiger partial charge >= 0.3 is 0 Å². The molecule has 0 bridgehead atoms. The van der Waals surface area contributed by atoms with E-state index in [-0.39, 0.29) is 0 Å². The zero-order valence-electron chi connectivity index (χ0n) is 11.4. The molecule has 0 aliphatic carbocycles. The molecule has 1 heterocycles. The summed E-state index contributed by atoms with van der Waals surface area (Å²) in [5.74, 6) is 0.970. The molecular weight excluding hydrogens is 272 g/mol. The smallest absolute Gasteiger partial charge is 0.169 e. The first-order valence-electron chi connectivity index (χ1n) is 6.91. The summed E-state index contributed by atoms with van der Waals surface area (Å²) in [6, 6.07) is 9.71. The van der Waals surface area contributed by atoms with Crippen molar-refractivity contribution in [2.75, 3.05) is 13.1 Å². The van der Waals surface area contributed by atoms with Crippen molar-refractivity contribution in [1.82, 2.24) is 5.32 Å². The van der Waals surface area contributed by atoms with Crippen molar-refractivity contribution in [1.29, 1.82) is 0 Å². The number of rotatable bonds is 5. The van der Waals surface area contributed by atoms with Crippen LogP contribution in [0.2, 0.25) is 12.6 Å². The molecule has 2 N–H and O–H groups in total. The van der Waals surface area contributed by atoms with Gasteiger partial charge in [0.15, 0.2) is 14.2 Å². The average molecular weight is 294 g/mol. The zero-order chi connectivity index (χ0) is 13.5. The van der Waals surface area contributed by atoms with E-state index in [0.29, 0.717) is 0 Å². The third-order valence-corrected chi connectivity index (χ3v) is 5.26. The van der Waals surface area contributed by atoms with Gasteiger partial charge in [-0.15, -0.1) is 0 Å². The summed E-state index contributed by atoms with van der Waals surface area (Å²) in [4.78, 5) is 13.9. The highest BCUT2D eigenvalue weighted by atomic mass is 32.2. The van der Waals surface area contributed by atoms with E-state index in [4.69, 9.17) is 0 Å². The van der Waals surface area contributed by atoms with Gasteiger partial charge < -0.3 is 10.1 Å². The van der Waals surface area contributed by atoms with Crippen LogP contribution in [0.5, 0.6) is 0 Å². The number of nitrogens with zero attached hydrogens (tertiary/aromatic N) is 1. The maximum atomic E-state index is 9.41. The van der Waals surface area contributed by atoms with Crippen LogP contribution in [0.4, 0.5) is 0 Å². The van der Waals surface area contributed by atoms with E-state index >= 15 is 0 Å². The summed E-state index contributed by atoms with van der Waals surface area (Å²) in [7, 11) is -1.41. The summed E-state index contributed by atoms with van der Waals surface area (Å²) >= 11 is 1.78. The van der Waals surface area contributed by atoms with Crippen molar-refractivity contribution >= 4 is 26.0 Å². The summed E-state index contributed by atoms with van der Waals surface area (Å²) < 4.78 is 0. The number of amidine groups is 1. The van der Waals surface area contributed by atoms with Crippen LogP contribution in [0, 0.1) is 0 Å². The highest BCUT2D eigenvalue weighted by Crippen LogP contribution is 2.16. The van der Waals surface area contributed by atoms with Gasteiger partial charge in [-0.25, -0.2) is 0 Å². The van der Waals surface area contributed by atoms with E-state index in [1.165, 1.54) is 11.1 Å². The number of hydrogen-bond acceptors (Lipinski definition) is 4. The molecule has 1 unspecified atom stereocenters. The molecule has 1 aromatic carbocycles. The van der Waals surface area contributed by atoms with Crippen LogP contribution in [0.25, 0.3) is 0 Å². The van der Waals surface area contributed by atoms with Crippen LogP contribution in [0.1, 0.15) is 17.5 Å². The second-order valence-corrected chi connectivity index (χ2v) is 8.20. The van der Waals surface area contributed by atoms with E-state index < -0.39 is 9.04 Å². The summed E-state index contributed by atoms with van der Waals surface area (Å²) in [5.41, 5.74) is 2.66. The van der Waals surface area contributed by atoms with Crippen LogP contribution in [-0.4, -0.2) is 32.1 Å². The van der Waals surface area contributed by atoms with Crippen LogP contribution in [0.3, 0.4) is 0 Å². The summed E-state index contributed by atoms with van der Waals surface area (Å²) in [5, 5.41) is 4.40. The van der Waals surface area contributed by atoms with Gasteiger partial charge in [0.05, 0.1) is 0 Å². The molecule has 0 fully saturated rings. The maximum absolute atomic E-state index is 9.41. The van der Waals surface area contributed by atoms with Crippen molar-refractivity contribution < 1.29 is 4.80 Å². The Morgan fingerprint density at radius 3 is 2.68 bits per heavy atom. The van der Waals surface area contributed by atoms with Gasteiger partial charge in [-0.3, -0.25) is 4.99 Å². The SMILES string of the molecule is C[SiH](O)CCc1ccc(CSC2=NCCCN2)cc1. The van der Waals surface area contributed by atoms with Crippen LogP contribution >= 0.6 is 11.8 Å². The number of hydrogen-bond donors (Lipinski definition) is 2. The third kappa shape index (κ3) is 5.38. The minimum Gasteiger partial charge on any atom is -0.435 e. The Morgan fingerprint density at radius 2 is 2.05 bits per heavy atom. The number of benzene rings is 1. The van der Waals surface area contributed by atoms with E-state index in [0.717, 1.165) is 42.9 Å². The first-order valence-corrected chi connectivity index (χ1v) is 10.4. The van der Waals surface area contributed by atoms with Crippen LogP contribution < -0.4 is 5.32 Å². The Bertz CT molecular complexity index is 420. The maximum Gasteiger partial charge on any atom is 0.169 e. The summed E-state index contributed by atoms with van der Waals surface area (Å²) in [6.07, 6.45) is 2.15. The van der Waals surface area contributed by atoms with E-state index in [1.54, 1.807) is 11.8 Å². The Labute approximate surface area is 121 Å². The lowest BCUT2D eigenvalue weighted by Gasteiger charge is -2.13. The van der Waals surface area contributed by atoms with Crippen molar-refractivity contribution in [3.8, 4) is 0 Å². The van der Waals surface area contributed by atoms with Crippen molar-refractivity contribution in [3.63, 3.8) is 0 Å². The Kier molecular flexibility index (Phi) is 5.94. The van der Waals surface area contributed by atoms with Gasteiger partial charge in [-0.1, -0.05) is 36.0 Å². The fourth-order valence-electron chi connectivity index (χ4n) is 1.94. The number of thioether (sulfide) groups is 1. The molecule has 1 aliphatic heterocycles. The quantitative estimate of drug-likeness (QED) is 0.818. The number of nitrogens with one attached hydrogen (secondary N) is 1. The van der Waals surface area contributed by atoms with Gasteiger partial charge in [0.2, 0.25) is 0 Å². The van der Waals surface area contributed by atoms with Gasteiger partial charge in [0.25, 0.3) is 0 Å². The minimum absolute atomic E-state index is 0.956. The lowest BCUT2D eigenvalue weighted by molar-refractivity contribution is 0.575. The molecule has 0 saturated heterocycles. The summed E-state index contributed by atoms with van der Waals surface area (Å²) in [6.45, 7) is 3.98. The standard InChI is InChI=1S/C14H22N2OSSi/c1-19(17)10-7-12-3-5-13(6-4-12)11-18-14-15-8-2-9-16-14/h3-6,17,19H,2,7-11H2,1H3,(H,15,16). The molecule has 19 heavy (non-hydrogen) atoms. The van der Waals surface area contributed by atoms with Crippen LogP contribution in [-0.2, 0) is 12.2 Å². The predicted molar refractivity (Wildman–Crippen MR) is 86.4 cm³/mol. The Hall–Kier alpha value is -0.783. The van der Waals surface area contributed by atoms with Crippen molar-refractivity contribution in [2.45, 2.75) is 31.2 Å². The zero-order valence-corrected chi connectivity index (χ0v) is 13.4. The Balaban J connectivity index is 1.79. The topological polar surface area (TPSA) is 44.6 Å². The molecule has 1 aliphatic rings. The van der Waals surface area contributed by atoms with Gasteiger partial charge in [-0.05, 0) is 36.6 Å². The fraction of sp³-hybridized carbons (Fsp3) is 0.500. The predicted octanol–water partition coefficient (Wildman–Crippen LogP) is 2.16. The van der Waals surface area contributed by atoms with Gasteiger partial charge in [0.1, 0.15) is 0 Å². The van der Waals surface area contributed by atoms with Crippen molar-refractivity contribution in [3.05, 3.63) is 35.4 Å². The third-order valence-electron chi connectivity index (χ3n) is 3.12. The molecule has 1 aromatic rings. The highest BCUT2D eigenvalue weighted by molar-refractivity contribution is 8.13. The average Bonchev–Trinajstić information content (AvgIpc) is 2.45. The molecule has 104 valence electrons. The molecule has 5 heteroatoms. The lowest BCUT2D eigenvalue weighted by Crippen LogP contribution is -2.26. The second kappa shape index (κ2) is 7.72. The van der Waals surface area contributed by atoms with Gasteiger partial charge in [-0.2, -0.15) is 0 Å². The normalized spacial score (nSPS) is 16.6. The first-order chi connectivity index (χ1) is 9.24.